The Morgan fingerprint density at radius 1 is 1.21 bits per heavy atom. The number of hydrogen-bond acceptors (Lipinski definition) is 3. The number of hydrogen-bond donors (Lipinski definition) is 2. The molecule has 2 rings (SSSR count). The zero-order chi connectivity index (χ0) is 17.5. The van der Waals surface area contributed by atoms with Gasteiger partial charge >= 0.3 is 0 Å². The van der Waals surface area contributed by atoms with Crippen LogP contribution in [-0.4, -0.2) is 43.4 Å². The number of carbonyl (C=O) groups is 2. The van der Waals surface area contributed by atoms with E-state index in [1.165, 1.54) is 0 Å². The first-order chi connectivity index (χ1) is 11.4. The number of rotatable bonds is 6. The second-order valence-corrected chi connectivity index (χ2v) is 6.76. The molecule has 1 fully saturated rings. The second kappa shape index (κ2) is 8.64. The lowest BCUT2D eigenvalue weighted by Gasteiger charge is -2.12. The number of carbonyl (C=O) groups excluding carboxylic acids is 2. The van der Waals surface area contributed by atoms with Gasteiger partial charge in [0.1, 0.15) is 0 Å². The smallest absolute Gasteiger partial charge is 0.251 e. The Balaban J connectivity index is 1.79. The van der Waals surface area contributed by atoms with Crippen molar-refractivity contribution in [3.05, 3.63) is 47.0 Å². The summed E-state index contributed by atoms with van der Waals surface area (Å²) in [5.74, 6) is 0.409. The summed E-state index contributed by atoms with van der Waals surface area (Å²) in [7, 11) is 2.11. The lowest BCUT2D eigenvalue weighted by molar-refractivity contribution is -0.116. The number of likely N-dealkylation sites (tertiary alicyclic amines) is 1. The fraction of sp³-hybridized carbons (Fsp3) is 0.474. The van der Waals surface area contributed by atoms with Gasteiger partial charge in [-0.05, 0) is 57.5 Å². The average molecular weight is 329 g/mol. The van der Waals surface area contributed by atoms with E-state index in [9.17, 15) is 9.59 Å². The maximum Gasteiger partial charge on any atom is 0.251 e. The van der Waals surface area contributed by atoms with Gasteiger partial charge in [-0.1, -0.05) is 17.7 Å². The molecular formula is C19H27N3O2. The highest BCUT2D eigenvalue weighted by Gasteiger charge is 2.19. The van der Waals surface area contributed by atoms with Crippen LogP contribution in [0, 0.1) is 5.92 Å². The van der Waals surface area contributed by atoms with Gasteiger partial charge in [-0.2, -0.15) is 0 Å². The predicted molar refractivity (Wildman–Crippen MR) is 95.7 cm³/mol. The van der Waals surface area contributed by atoms with E-state index < -0.39 is 0 Å². The first kappa shape index (κ1) is 18.2. The van der Waals surface area contributed by atoms with E-state index in [0.717, 1.165) is 37.2 Å². The minimum Gasteiger partial charge on any atom is -0.352 e. The SMILES string of the molecule is CC(C)=CC(=O)NCc1ccc(C(=O)NC[C@@H]2CCN(C)C2)cc1. The maximum absolute atomic E-state index is 12.2. The van der Waals surface area contributed by atoms with Crippen LogP contribution in [0.4, 0.5) is 0 Å². The fourth-order valence-corrected chi connectivity index (χ4v) is 2.81. The number of nitrogens with zero attached hydrogens (tertiary/aromatic N) is 1. The number of amides is 2. The molecule has 0 bridgehead atoms. The summed E-state index contributed by atoms with van der Waals surface area (Å²) in [6, 6.07) is 7.36. The quantitative estimate of drug-likeness (QED) is 0.784. The minimum absolute atomic E-state index is 0.0373. The van der Waals surface area contributed by atoms with Gasteiger partial charge in [-0.25, -0.2) is 0 Å². The topological polar surface area (TPSA) is 61.4 Å². The molecule has 5 heteroatoms. The van der Waals surface area contributed by atoms with Crippen LogP contribution in [0.25, 0.3) is 0 Å². The van der Waals surface area contributed by atoms with E-state index in [-0.39, 0.29) is 11.8 Å². The summed E-state index contributed by atoms with van der Waals surface area (Å²) < 4.78 is 0. The largest absolute Gasteiger partial charge is 0.352 e. The van der Waals surface area contributed by atoms with Crippen LogP contribution in [-0.2, 0) is 11.3 Å². The van der Waals surface area contributed by atoms with Crippen molar-refractivity contribution in [3.8, 4) is 0 Å². The summed E-state index contributed by atoms with van der Waals surface area (Å²) in [5, 5.41) is 5.83. The van der Waals surface area contributed by atoms with Gasteiger partial charge in [0.25, 0.3) is 5.91 Å². The molecule has 0 saturated carbocycles. The monoisotopic (exact) mass is 329 g/mol. The minimum atomic E-state index is -0.0987. The molecule has 5 nitrogen and oxygen atoms in total. The molecule has 24 heavy (non-hydrogen) atoms. The second-order valence-electron chi connectivity index (χ2n) is 6.76. The highest BCUT2D eigenvalue weighted by molar-refractivity contribution is 5.94. The van der Waals surface area contributed by atoms with E-state index in [4.69, 9.17) is 0 Å². The molecular weight excluding hydrogens is 302 g/mol. The van der Waals surface area contributed by atoms with Crippen LogP contribution in [0.1, 0.15) is 36.2 Å². The standard InChI is InChI=1S/C19H27N3O2/c1-14(2)10-18(23)20-11-15-4-6-17(7-5-15)19(24)21-12-16-8-9-22(3)13-16/h4-7,10,16H,8-9,11-13H2,1-3H3,(H,20,23)(H,21,24)/t16-/m0/s1. The van der Waals surface area contributed by atoms with Crippen molar-refractivity contribution in [2.24, 2.45) is 5.92 Å². The lowest BCUT2D eigenvalue weighted by atomic mass is 10.1. The van der Waals surface area contributed by atoms with Crippen LogP contribution < -0.4 is 10.6 Å². The Morgan fingerprint density at radius 3 is 2.50 bits per heavy atom. The van der Waals surface area contributed by atoms with Crippen LogP contribution >= 0.6 is 0 Å². The van der Waals surface area contributed by atoms with E-state index in [1.807, 2.05) is 26.0 Å². The van der Waals surface area contributed by atoms with E-state index >= 15 is 0 Å². The third kappa shape index (κ3) is 5.81. The van der Waals surface area contributed by atoms with Crippen LogP contribution in [0.3, 0.4) is 0 Å². The first-order valence-corrected chi connectivity index (χ1v) is 8.42. The van der Waals surface area contributed by atoms with Crippen molar-refractivity contribution in [3.63, 3.8) is 0 Å². The third-order valence-electron chi connectivity index (χ3n) is 4.14. The van der Waals surface area contributed by atoms with E-state index in [2.05, 4.69) is 22.6 Å². The van der Waals surface area contributed by atoms with Crippen LogP contribution in [0.2, 0.25) is 0 Å². The summed E-state index contributed by atoms with van der Waals surface area (Å²) in [4.78, 5) is 26.0. The van der Waals surface area contributed by atoms with Gasteiger partial charge in [-0.3, -0.25) is 9.59 Å². The Hall–Kier alpha value is -2.14. The molecule has 2 amide bonds. The molecule has 0 unspecified atom stereocenters. The predicted octanol–water partition coefficient (Wildman–Crippen LogP) is 1.95. The van der Waals surface area contributed by atoms with E-state index in [0.29, 0.717) is 18.0 Å². The Morgan fingerprint density at radius 2 is 1.92 bits per heavy atom. The molecule has 1 saturated heterocycles. The zero-order valence-corrected chi connectivity index (χ0v) is 14.8. The van der Waals surface area contributed by atoms with E-state index in [1.54, 1.807) is 18.2 Å². The van der Waals surface area contributed by atoms with Crippen molar-refractivity contribution >= 4 is 11.8 Å². The maximum atomic E-state index is 12.2. The average Bonchev–Trinajstić information content (AvgIpc) is 2.96. The molecule has 0 radical (unpaired) electrons. The van der Waals surface area contributed by atoms with Crippen LogP contribution in [0.15, 0.2) is 35.9 Å². The number of benzene rings is 1. The highest BCUT2D eigenvalue weighted by atomic mass is 16.2. The zero-order valence-electron chi connectivity index (χ0n) is 14.8. The van der Waals surface area contributed by atoms with Gasteiger partial charge < -0.3 is 15.5 Å². The summed E-state index contributed by atoms with van der Waals surface area (Å²) >= 11 is 0. The molecule has 0 aliphatic carbocycles. The molecule has 1 atom stereocenters. The Kier molecular flexibility index (Phi) is 6.55. The number of nitrogens with one attached hydrogen (secondary N) is 2. The van der Waals surface area contributed by atoms with Gasteiger partial charge in [0.15, 0.2) is 0 Å². The summed E-state index contributed by atoms with van der Waals surface area (Å²) in [6.07, 6.45) is 2.71. The molecule has 1 aromatic rings. The van der Waals surface area contributed by atoms with Gasteiger partial charge in [0.2, 0.25) is 5.91 Å². The molecule has 1 heterocycles. The molecule has 0 aromatic heterocycles. The molecule has 1 aliphatic heterocycles. The summed E-state index contributed by atoms with van der Waals surface area (Å²) in [6.45, 7) is 7.11. The van der Waals surface area contributed by atoms with Crippen molar-refractivity contribution in [2.75, 3.05) is 26.7 Å². The number of allylic oxidation sites excluding steroid dienone is 1. The Bertz CT molecular complexity index is 604. The Labute approximate surface area is 144 Å². The van der Waals surface area contributed by atoms with Crippen molar-refractivity contribution in [1.82, 2.24) is 15.5 Å². The molecule has 2 N–H and O–H groups in total. The highest BCUT2D eigenvalue weighted by Crippen LogP contribution is 2.13. The van der Waals surface area contributed by atoms with Gasteiger partial charge in [-0.15, -0.1) is 0 Å². The van der Waals surface area contributed by atoms with Crippen molar-refractivity contribution in [2.45, 2.75) is 26.8 Å². The van der Waals surface area contributed by atoms with Crippen LogP contribution in [0.5, 0.6) is 0 Å². The van der Waals surface area contributed by atoms with Crippen molar-refractivity contribution < 1.29 is 9.59 Å². The normalized spacial score (nSPS) is 17.4. The summed E-state index contributed by atoms with van der Waals surface area (Å²) in [5.41, 5.74) is 2.59. The molecule has 0 spiro atoms. The molecule has 1 aliphatic rings. The van der Waals surface area contributed by atoms with Gasteiger partial charge in [0.05, 0.1) is 0 Å². The molecule has 130 valence electrons. The third-order valence-corrected chi connectivity index (χ3v) is 4.14. The van der Waals surface area contributed by atoms with Crippen molar-refractivity contribution in [1.29, 1.82) is 0 Å². The molecule has 1 aromatic carbocycles. The first-order valence-electron chi connectivity index (χ1n) is 8.42. The fourth-order valence-electron chi connectivity index (χ4n) is 2.81. The van der Waals surface area contributed by atoms with Gasteiger partial charge in [0, 0.05) is 31.3 Å². The lowest BCUT2D eigenvalue weighted by Crippen LogP contribution is -2.30.